The number of rotatable bonds is 7. The summed E-state index contributed by atoms with van der Waals surface area (Å²) < 4.78 is 5.59. The molecule has 1 fully saturated rings. The van der Waals surface area contributed by atoms with Crippen molar-refractivity contribution in [2.45, 2.75) is 44.2 Å². The van der Waals surface area contributed by atoms with Crippen molar-refractivity contribution in [1.82, 2.24) is 9.80 Å². The number of carboxylic acid groups (broad SMARTS) is 1. The smallest absolute Gasteiger partial charge is 0.341 e. The first kappa shape index (κ1) is 23.9. The van der Waals surface area contributed by atoms with Crippen LogP contribution in [0.25, 0.3) is 0 Å². The van der Waals surface area contributed by atoms with Crippen LogP contribution in [0.3, 0.4) is 0 Å². The molecule has 2 aliphatic rings. The number of likely N-dealkylation sites (tertiary alicyclic amines) is 1. The van der Waals surface area contributed by atoms with Crippen LogP contribution in [-0.4, -0.2) is 59.6 Å². The summed E-state index contributed by atoms with van der Waals surface area (Å²) in [4.78, 5) is 28.8. The van der Waals surface area contributed by atoms with Crippen LogP contribution >= 0.6 is 23.2 Å². The Hall–Kier alpha value is -2.28. The highest BCUT2D eigenvalue weighted by molar-refractivity contribution is 6.42. The van der Waals surface area contributed by atoms with Gasteiger partial charge in [-0.25, -0.2) is 4.79 Å². The fraction of sp³-hybridized carbons (Fsp3) is 0.440. The molecule has 2 aromatic rings. The average molecular weight is 491 g/mol. The lowest BCUT2D eigenvalue weighted by Crippen LogP contribution is -2.48. The van der Waals surface area contributed by atoms with Gasteiger partial charge in [0.1, 0.15) is 5.75 Å². The Morgan fingerprint density at radius 3 is 2.61 bits per heavy atom. The van der Waals surface area contributed by atoms with Crippen LogP contribution in [0.1, 0.15) is 42.0 Å². The van der Waals surface area contributed by atoms with Gasteiger partial charge in [0, 0.05) is 13.1 Å². The van der Waals surface area contributed by atoms with E-state index in [0.29, 0.717) is 15.8 Å². The fourth-order valence-corrected chi connectivity index (χ4v) is 5.41. The van der Waals surface area contributed by atoms with Gasteiger partial charge >= 0.3 is 5.97 Å². The van der Waals surface area contributed by atoms with E-state index in [0.717, 1.165) is 42.6 Å². The van der Waals surface area contributed by atoms with Crippen molar-refractivity contribution in [3.05, 3.63) is 63.1 Å². The minimum Gasteiger partial charge on any atom is -0.482 e. The number of carbonyl (C=O) groups excluding carboxylic acids is 1. The van der Waals surface area contributed by atoms with E-state index in [1.807, 2.05) is 36.2 Å². The molecule has 0 radical (unpaired) electrons. The molecule has 0 spiro atoms. The predicted octanol–water partition coefficient (Wildman–Crippen LogP) is 4.61. The average Bonchev–Trinajstić information content (AvgIpc) is 3.33. The summed E-state index contributed by atoms with van der Waals surface area (Å²) in [5.41, 5.74) is 2.84. The Morgan fingerprint density at radius 2 is 1.91 bits per heavy atom. The summed E-state index contributed by atoms with van der Waals surface area (Å²) in [5, 5.41) is 9.95. The van der Waals surface area contributed by atoms with Crippen LogP contribution in [0.4, 0.5) is 0 Å². The zero-order chi connectivity index (χ0) is 23.5. The van der Waals surface area contributed by atoms with Gasteiger partial charge in [-0.1, -0.05) is 41.4 Å². The minimum atomic E-state index is -1.01. The number of ether oxygens (including phenoxy) is 1. The number of benzene rings is 2. The molecule has 8 heteroatoms. The van der Waals surface area contributed by atoms with Crippen LogP contribution in [0.2, 0.25) is 10.0 Å². The van der Waals surface area contributed by atoms with Crippen LogP contribution in [0, 0.1) is 0 Å². The van der Waals surface area contributed by atoms with Gasteiger partial charge in [-0.3, -0.25) is 9.69 Å². The standard InChI is InChI=1S/C25H28Cl2N2O4/c1-28(23(30)14-16-7-9-19(26)20(27)13-16)25-18-5-4-6-22(33-15-24(31)32)17(18)8-10-21(25)29-11-2-3-12-29/h4-7,9,13,21,25H,2-3,8,10-12,14-15H2,1H3,(H,31,32)/t21-,25-/m0/s1. The summed E-state index contributed by atoms with van der Waals surface area (Å²) in [7, 11) is 1.85. The fourth-order valence-electron chi connectivity index (χ4n) is 5.09. The van der Waals surface area contributed by atoms with E-state index in [1.54, 1.807) is 12.1 Å². The van der Waals surface area contributed by atoms with E-state index in [9.17, 15) is 9.59 Å². The summed E-state index contributed by atoms with van der Waals surface area (Å²) in [6.45, 7) is 1.67. The number of hydrogen-bond donors (Lipinski definition) is 1. The zero-order valence-corrected chi connectivity index (χ0v) is 20.1. The van der Waals surface area contributed by atoms with Gasteiger partial charge in [0.2, 0.25) is 5.91 Å². The third-order valence-electron chi connectivity index (χ3n) is 6.65. The monoisotopic (exact) mass is 490 g/mol. The molecule has 2 aromatic carbocycles. The van der Waals surface area contributed by atoms with Gasteiger partial charge in [0.15, 0.2) is 6.61 Å². The number of carboxylic acids is 1. The predicted molar refractivity (Wildman–Crippen MR) is 128 cm³/mol. The first-order chi connectivity index (χ1) is 15.8. The molecule has 1 saturated heterocycles. The van der Waals surface area contributed by atoms with Crippen molar-refractivity contribution in [3.63, 3.8) is 0 Å². The number of aliphatic carboxylic acids is 1. The highest BCUT2D eigenvalue weighted by atomic mass is 35.5. The number of carbonyl (C=O) groups is 2. The van der Waals surface area contributed by atoms with Crippen molar-refractivity contribution in [1.29, 1.82) is 0 Å². The summed E-state index contributed by atoms with van der Waals surface area (Å²) in [6, 6.07) is 11.1. The van der Waals surface area contributed by atoms with E-state index in [1.165, 1.54) is 12.8 Å². The maximum Gasteiger partial charge on any atom is 0.341 e. The first-order valence-corrected chi connectivity index (χ1v) is 12.0. The molecule has 4 rings (SSSR count). The number of likely N-dealkylation sites (N-methyl/N-ethyl adjacent to an activating group) is 1. The van der Waals surface area contributed by atoms with Gasteiger partial charge in [-0.15, -0.1) is 0 Å². The largest absolute Gasteiger partial charge is 0.482 e. The first-order valence-electron chi connectivity index (χ1n) is 11.2. The number of amides is 1. The lowest BCUT2D eigenvalue weighted by atomic mass is 9.81. The second-order valence-corrected chi connectivity index (χ2v) is 9.54. The van der Waals surface area contributed by atoms with E-state index < -0.39 is 5.97 Å². The SMILES string of the molecule is CN(C(=O)Cc1ccc(Cl)c(Cl)c1)[C@H]1c2cccc(OCC(=O)O)c2CC[C@@H]1N1CCCC1. The van der Waals surface area contributed by atoms with Crippen molar-refractivity contribution >= 4 is 35.1 Å². The molecule has 1 aliphatic heterocycles. The quantitative estimate of drug-likeness (QED) is 0.613. The molecular weight excluding hydrogens is 463 g/mol. The molecule has 33 heavy (non-hydrogen) atoms. The molecule has 1 heterocycles. The third-order valence-corrected chi connectivity index (χ3v) is 7.39. The minimum absolute atomic E-state index is 0.00714. The van der Waals surface area contributed by atoms with Crippen LogP contribution in [0.15, 0.2) is 36.4 Å². The van der Waals surface area contributed by atoms with Crippen molar-refractivity contribution in [2.75, 3.05) is 26.7 Å². The van der Waals surface area contributed by atoms with Crippen molar-refractivity contribution < 1.29 is 19.4 Å². The second-order valence-electron chi connectivity index (χ2n) is 8.73. The lowest BCUT2D eigenvalue weighted by Gasteiger charge is -2.44. The van der Waals surface area contributed by atoms with Crippen LogP contribution in [-0.2, 0) is 22.4 Å². The van der Waals surface area contributed by atoms with Crippen LogP contribution < -0.4 is 4.74 Å². The molecular formula is C25H28Cl2N2O4. The number of hydrogen-bond acceptors (Lipinski definition) is 4. The van der Waals surface area contributed by atoms with Gasteiger partial charge in [0.05, 0.1) is 22.5 Å². The van der Waals surface area contributed by atoms with E-state index in [-0.39, 0.29) is 31.0 Å². The lowest BCUT2D eigenvalue weighted by molar-refractivity contribution is -0.139. The topological polar surface area (TPSA) is 70.1 Å². The second kappa shape index (κ2) is 10.3. The molecule has 2 atom stereocenters. The molecule has 0 saturated carbocycles. The maximum absolute atomic E-state index is 13.4. The number of nitrogens with zero attached hydrogens (tertiary/aromatic N) is 2. The summed E-state index contributed by atoms with van der Waals surface area (Å²) in [5.74, 6) is -0.429. The number of halogens is 2. The molecule has 0 unspecified atom stereocenters. The van der Waals surface area contributed by atoms with Gasteiger partial charge < -0.3 is 14.7 Å². The Balaban J connectivity index is 1.64. The van der Waals surface area contributed by atoms with Crippen molar-refractivity contribution in [3.8, 4) is 5.75 Å². The molecule has 0 bridgehead atoms. The molecule has 1 aliphatic carbocycles. The molecule has 1 N–H and O–H groups in total. The maximum atomic E-state index is 13.4. The highest BCUT2D eigenvalue weighted by Gasteiger charge is 2.39. The molecule has 176 valence electrons. The normalized spacial score (nSPS) is 20.3. The van der Waals surface area contributed by atoms with Crippen molar-refractivity contribution in [2.24, 2.45) is 0 Å². The molecule has 0 aromatic heterocycles. The van der Waals surface area contributed by atoms with E-state index in [4.69, 9.17) is 33.0 Å². The Kier molecular flexibility index (Phi) is 7.47. The Morgan fingerprint density at radius 1 is 1.15 bits per heavy atom. The van der Waals surface area contributed by atoms with Gasteiger partial charge in [0.25, 0.3) is 0 Å². The van der Waals surface area contributed by atoms with Gasteiger partial charge in [-0.05, 0) is 73.7 Å². The Labute approximate surface area is 204 Å². The Bertz CT molecular complexity index is 1040. The summed E-state index contributed by atoms with van der Waals surface area (Å²) >= 11 is 12.2. The molecule has 6 nitrogen and oxygen atoms in total. The zero-order valence-electron chi connectivity index (χ0n) is 18.6. The molecule has 1 amide bonds. The number of fused-ring (bicyclic) bond motifs is 1. The third kappa shape index (κ3) is 5.29. The summed E-state index contributed by atoms with van der Waals surface area (Å²) in [6.07, 6.45) is 4.23. The van der Waals surface area contributed by atoms with Crippen LogP contribution in [0.5, 0.6) is 5.75 Å². The van der Waals surface area contributed by atoms with E-state index in [2.05, 4.69) is 4.90 Å². The highest BCUT2D eigenvalue weighted by Crippen LogP contribution is 2.41. The van der Waals surface area contributed by atoms with E-state index >= 15 is 0 Å². The van der Waals surface area contributed by atoms with Gasteiger partial charge in [-0.2, -0.15) is 0 Å².